The van der Waals surface area contributed by atoms with Crippen LogP contribution in [0.25, 0.3) is 11.0 Å². The van der Waals surface area contributed by atoms with Crippen molar-refractivity contribution < 1.29 is 18.3 Å². The van der Waals surface area contributed by atoms with E-state index in [2.05, 4.69) is 0 Å². The minimum Gasteiger partial charge on any atom is -0.453 e. The Morgan fingerprint density at radius 2 is 2.06 bits per heavy atom. The number of rotatable bonds is 3. The van der Waals surface area contributed by atoms with Gasteiger partial charge in [-0.15, -0.1) is 0 Å². The van der Waals surface area contributed by atoms with Crippen LogP contribution < -0.4 is 0 Å². The Morgan fingerprint density at radius 1 is 1.35 bits per heavy atom. The molecule has 2 aromatic rings. The summed E-state index contributed by atoms with van der Waals surface area (Å²) in [5.41, 5.74) is -0.464. The van der Waals surface area contributed by atoms with E-state index in [0.717, 1.165) is 0 Å². The molecule has 90 valence electrons. The molecule has 1 aromatic carbocycles. The molecular formula is C13H13FO3. The van der Waals surface area contributed by atoms with Crippen LogP contribution in [-0.2, 0) is 4.74 Å². The summed E-state index contributed by atoms with van der Waals surface area (Å²) in [6.07, 6.45) is 0. The number of fused-ring (bicyclic) bond motifs is 1. The first-order chi connectivity index (χ1) is 7.94. The second-order valence-electron chi connectivity index (χ2n) is 4.34. The fraction of sp³-hybridized carbons (Fsp3) is 0.308. The molecular weight excluding hydrogens is 223 g/mol. The van der Waals surface area contributed by atoms with Crippen LogP contribution in [-0.4, -0.2) is 18.5 Å². The molecule has 0 bridgehead atoms. The number of furan rings is 1. The SMILES string of the molecule is COC(C)(C)C(=O)c1cc2cc(F)ccc2o1. The number of halogens is 1. The maximum Gasteiger partial charge on any atom is 0.229 e. The third kappa shape index (κ3) is 2.08. The van der Waals surface area contributed by atoms with Crippen LogP contribution in [0, 0.1) is 5.82 Å². The van der Waals surface area contributed by atoms with Crippen LogP contribution in [0.5, 0.6) is 0 Å². The first-order valence-electron chi connectivity index (χ1n) is 5.23. The smallest absolute Gasteiger partial charge is 0.229 e. The molecule has 0 aliphatic rings. The van der Waals surface area contributed by atoms with Gasteiger partial charge in [0.15, 0.2) is 5.76 Å². The number of methoxy groups -OCH3 is 1. The Bertz CT molecular complexity index is 569. The van der Waals surface area contributed by atoms with Gasteiger partial charge in [-0.05, 0) is 38.1 Å². The molecule has 0 fully saturated rings. The maximum atomic E-state index is 13.0. The lowest BCUT2D eigenvalue weighted by atomic mass is 10.0. The van der Waals surface area contributed by atoms with Crippen molar-refractivity contribution in [3.05, 3.63) is 35.8 Å². The third-order valence-electron chi connectivity index (χ3n) is 2.76. The van der Waals surface area contributed by atoms with Crippen molar-refractivity contribution in [2.24, 2.45) is 0 Å². The topological polar surface area (TPSA) is 39.4 Å². The zero-order valence-corrected chi connectivity index (χ0v) is 9.91. The standard InChI is InChI=1S/C13H13FO3/c1-13(2,16-3)12(15)11-7-8-6-9(14)4-5-10(8)17-11/h4-7H,1-3H3. The van der Waals surface area contributed by atoms with Crippen LogP contribution in [0.15, 0.2) is 28.7 Å². The highest BCUT2D eigenvalue weighted by molar-refractivity contribution is 6.02. The van der Waals surface area contributed by atoms with Crippen molar-refractivity contribution in [3.63, 3.8) is 0 Å². The predicted molar refractivity (Wildman–Crippen MR) is 61.6 cm³/mol. The van der Waals surface area contributed by atoms with Crippen LogP contribution in [0.4, 0.5) is 4.39 Å². The van der Waals surface area contributed by atoms with Gasteiger partial charge >= 0.3 is 0 Å². The average molecular weight is 236 g/mol. The van der Waals surface area contributed by atoms with Gasteiger partial charge < -0.3 is 9.15 Å². The number of ether oxygens (including phenoxy) is 1. The van der Waals surface area contributed by atoms with Gasteiger partial charge in [-0.25, -0.2) is 4.39 Å². The van der Waals surface area contributed by atoms with Gasteiger partial charge in [0.2, 0.25) is 5.78 Å². The summed E-state index contributed by atoms with van der Waals surface area (Å²) >= 11 is 0. The minimum atomic E-state index is -0.952. The summed E-state index contributed by atoms with van der Waals surface area (Å²) < 4.78 is 23.5. The van der Waals surface area contributed by atoms with Gasteiger partial charge in [-0.3, -0.25) is 4.79 Å². The van der Waals surface area contributed by atoms with E-state index in [-0.39, 0.29) is 17.4 Å². The summed E-state index contributed by atoms with van der Waals surface area (Å²) in [4.78, 5) is 12.0. The quantitative estimate of drug-likeness (QED) is 0.768. The van der Waals surface area contributed by atoms with E-state index in [1.54, 1.807) is 13.8 Å². The highest BCUT2D eigenvalue weighted by atomic mass is 19.1. The van der Waals surface area contributed by atoms with Gasteiger partial charge in [-0.1, -0.05) is 0 Å². The molecule has 17 heavy (non-hydrogen) atoms. The molecule has 0 saturated carbocycles. The molecule has 1 aromatic heterocycles. The Kier molecular flexibility index (Phi) is 2.75. The number of ketones is 1. The highest BCUT2D eigenvalue weighted by Crippen LogP contribution is 2.24. The van der Waals surface area contributed by atoms with E-state index in [0.29, 0.717) is 11.0 Å². The fourth-order valence-corrected chi connectivity index (χ4v) is 1.52. The van der Waals surface area contributed by atoms with E-state index in [9.17, 15) is 9.18 Å². The molecule has 0 unspecified atom stereocenters. The molecule has 0 spiro atoms. The Balaban J connectivity index is 2.47. The van der Waals surface area contributed by atoms with Crippen molar-refractivity contribution in [2.75, 3.05) is 7.11 Å². The number of benzene rings is 1. The number of carbonyl (C=O) groups is 1. The molecule has 4 heteroatoms. The normalized spacial score (nSPS) is 12.0. The van der Waals surface area contributed by atoms with Crippen LogP contribution in [0.3, 0.4) is 0 Å². The van der Waals surface area contributed by atoms with Gasteiger partial charge in [0, 0.05) is 12.5 Å². The number of carbonyl (C=O) groups excluding carboxylic acids is 1. The molecule has 3 nitrogen and oxygen atoms in total. The molecule has 0 amide bonds. The molecule has 0 saturated heterocycles. The van der Waals surface area contributed by atoms with Crippen molar-refractivity contribution in [2.45, 2.75) is 19.4 Å². The molecule has 0 N–H and O–H groups in total. The summed E-state index contributed by atoms with van der Waals surface area (Å²) in [6, 6.07) is 5.65. The van der Waals surface area contributed by atoms with E-state index >= 15 is 0 Å². The van der Waals surface area contributed by atoms with Crippen LogP contribution >= 0.6 is 0 Å². The van der Waals surface area contributed by atoms with E-state index < -0.39 is 5.60 Å². The highest BCUT2D eigenvalue weighted by Gasteiger charge is 2.30. The zero-order chi connectivity index (χ0) is 12.6. The van der Waals surface area contributed by atoms with Crippen LogP contribution in [0.2, 0.25) is 0 Å². The van der Waals surface area contributed by atoms with Crippen molar-refractivity contribution in [1.29, 1.82) is 0 Å². The summed E-state index contributed by atoms with van der Waals surface area (Å²) in [5, 5.41) is 0.570. The Labute approximate surface area is 98.2 Å². The van der Waals surface area contributed by atoms with E-state index in [1.807, 2.05) is 0 Å². The Hall–Kier alpha value is -1.68. The molecule has 0 aliphatic heterocycles. The first kappa shape index (κ1) is 11.8. The summed E-state index contributed by atoms with van der Waals surface area (Å²) in [7, 11) is 1.46. The van der Waals surface area contributed by atoms with Gasteiger partial charge in [0.1, 0.15) is 17.0 Å². The third-order valence-corrected chi connectivity index (χ3v) is 2.76. The first-order valence-corrected chi connectivity index (χ1v) is 5.23. The largest absolute Gasteiger partial charge is 0.453 e. The van der Waals surface area contributed by atoms with Crippen LogP contribution in [0.1, 0.15) is 24.4 Å². The molecule has 0 radical (unpaired) electrons. The number of hydrogen-bond donors (Lipinski definition) is 0. The van der Waals surface area contributed by atoms with E-state index in [1.165, 1.54) is 31.4 Å². The van der Waals surface area contributed by atoms with Crippen molar-refractivity contribution in [1.82, 2.24) is 0 Å². The lowest BCUT2D eigenvalue weighted by Crippen LogP contribution is -2.33. The Morgan fingerprint density at radius 3 is 2.71 bits per heavy atom. The monoisotopic (exact) mass is 236 g/mol. The lowest BCUT2D eigenvalue weighted by molar-refractivity contribution is 0.0206. The summed E-state index contributed by atoms with van der Waals surface area (Å²) in [5.74, 6) is -0.447. The second-order valence-corrected chi connectivity index (χ2v) is 4.34. The van der Waals surface area contributed by atoms with E-state index in [4.69, 9.17) is 9.15 Å². The van der Waals surface area contributed by atoms with Gasteiger partial charge in [0.25, 0.3) is 0 Å². The molecule has 2 rings (SSSR count). The van der Waals surface area contributed by atoms with Crippen molar-refractivity contribution >= 4 is 16.8 Å². The average Bonchev–Trinajstić information content (AvgIpc) is 2.70. The molecule has 1 heterocycles. The maximum absolute atomic E-state index is 13.0. The second kappa shape index (κ2) is 3.96. The molecule has 0 atom stereocenters. The van der Waals surface area contributed by atoms with Gasteiger partial charge in [0.05, 0.1) is 0 Å². The number of hydrogen-bond acceptors (Lipinski definition) is 3. The fourth-order valence-electron chi connectivity index (χ4n) is 1.52. The number of Topliss-reactive ketones (excluding diaryl/α,β-unsaturated/α-hetero) is 1. The molecule has 0 aliphatic carbocycles. The summed E-state index contributed by atoms with van der Waals surface area (Å²) in [6.45, 7) is 3.31. The van der Waals surface area contributed by atoms with Crippen molar-refractivity contribution in [3.8, 4) is 0 Å². The zero-order valence-electron chi connectivity index (χ0n) is 9.91. The predicted octanol–water partition coefficient (Wildman–Crippen LogP) is 3.18. The van der Waals surface area contributed by atoms with Gasteiger partial charge in [-0.2, -0.15) is 0 Å². The lowest BCUT2D eigenvalue weighted by Gasteiger charge is -2.19. The minimum absolute atomic E-state index is 0.178.